The topological polar surface area (TPSA) is 17.1 Å². The first kappa shape index (κ1) is 13.4. The summed E-state index contributed by atoms with van der Waals surface area (Å²) in [6.07, 6.45) is 15.8. The van der Waals surface area contributed by atoms with Crippen molar-refractivity contribution in [3.8, 4) is 12.3 Å². The summed E-state index contributed by atoms with van der Waals surface area (Å²) in [4.78, 5) is 11.8. The second kappa shape index (κ2) is 4.87. The number of rotatable bonds is 0. The minimum Gasteiger partial charge on any atom is -0.295 e. The molecule has 0 aromatic heterocycles. The zero-order valence-corrected chi connectivity index (χ0v) is 12.7. The SMILES string of the molecule is C#C[C@H]1CC[C@H]2[C@@H]3CCC4=CC(=O)CC(=C)[C@@H]4[C@H]3CC[C@@H]21. The van der Waals surface area contributed by atoms with Gasteiger partial charge in [0, 0.05) is 18.3 Å². The Morgan fingerprint density at radius 3 is 2.57 bits per heavy atom. The Kier molecular flexibility index (Phi) is 3.10. The quantitative estimate of drug-likeness (QED) is 0.481. The molecule has 3 fully saturated rings. The molecule has 0 N–H and O–H groups in total. The number of allylic oxidation sites excluding steroid dienone is 2. The molecule has 4 rings (SSSR count). The summed E-state index contributed by atoms with van der Waals surface area (Å²) >= 11 is 0. The van der Waals surface area contributed by atoms with Gasteiger partial charge >= 0.3 is 0 Å². The van der Waals surface area contributed by atoms with Crippen molar-refractivity contribution in [2.45, 2.75) is 44.9 Å². The number of fused-ring (bicyclic) bond motifs is 5. The lowest BCUT2D eigenvalue weighted by Gasteiger charge is -2.50. The van der Waals surface area contributed by atoms with E-state index in [1.54, 1.807) is 0 Å². The van der Waals surface area contributed by atoms with E-state index in [1.807, 2.05) is 6.08 Å². The fourth-order valence-corrected chi connectivity index (χ4v) is 6.09. The van der Waals surface area contributed by atoms with Gasteiger partial charge in [0.15, 0.2) is 5.78 Å². The number of hydrogen-bond donors (Lipinski definition) is 0. The van der Waals surface area contributed by atoms with Gasteiger partial charge in [0.2, 0.25) is 0 Å². The number of terminal acetylenes is 1. The molecule has 21 heavy (non-hydrogen) atoms. The number of carbonyl (C=O) groups excluding carboxylic acids is 1. The van der Waals surface area contributed by atoms with Crippen molar-refractivity contribution in [2.24, 2.45) is 35.5 Å². The summed E-state index contributed by atoms with van der Waals surface area (Å²) in [5.74, 6) is 7.55. The third-order valence-corrected chi connectivity index (χ3v) is 6.81. The fourth-order valence-electron chi connectivity index (χ4n) is 6.09. The predicted molar refractivity (Wildman–Crippen MR) is 84.3 cm³/mol. The molecule has 0 unspecified atom stereocenters. The molecule has 0 spiro atoms. The average Bonchev–Trinajstić information content (AvgIpc) is 2.89. The molecule has 0 aromatic rings. The Hall–Kier alpha value is -1.29. The van der Waals surface area contributed by atoms with Crippen LogP contribution in [-0.4, -0.2) is 5.78 Å². The van der Waals surface area contributed by atoms with E-state index in [9.17, 15) is 4.79 Å². The average molecular weight is 280 g/mol. The molecule has 4 aliphatic rings. The van der Waals surface area contributed by atoms with Crippen molar-refractivity contribution in [2.75, 3.05) is 0 Å². The maximum Gasteiger partial charge on any atom is 0.159 e. The fraction of sp³-hybridized carbons (Fsp3) is 0.650. The lowest BCUT2D eigenvalue weighted by Crippen LogP contribution is -2.42. The summed E-state index contributed by atoms with van der Waals surface area (Å²) in [5.41, 5.74) is 2.58. The molecule has 0 bridgehead atoms. The number of carbonyl (C=O) groups is 1. The van der Waals surface area contributed by atoms with Gasteiger partial charge in [-0.1, -0.05) is 17.7 Å². The van der Waals surface area contributed by atoms with E-state index in [-0.39, 0.29) is 5.78 Å². The molecular formula is C20H24O. The zero-order valence-electron chi connectivity index (χ0n) is 12.7. The minimum atomic E-state index is 0.270. The summed E-state index contributed by atoms with van der Waals surface area (Å²) in [6.45, 7) is 4.26. The van der Waals surface area contributed by atoms with Gasteiger partial charge in [-0.3, -0.25) is 4.79 Å². The largest absolute Gasteiger partial charge is 0.295 e. The molecule has 0 aromatic carbocycles. The summed E-state index contributed by atoms with van der Waals surface area (Å²) < 4.78 is 0. The van der Waals surface area contributed by atoms with Crippen molar-refractivity contribution in [3.63, 3.8) is 0 Å². The molecule has 1 heteroatoms. The first-order valence-electron chi connectivity index (χ1n) is 8.56. The molecule has 0 aliphatic heterocycles. The van der Waals surface area contributed by atoms with Crippen molar-refractivity contribution in [1.82, 2.24) is 0 Å². The van der Waals surface area contributed by atoms with Crippen LogP contribution >= 0.6 is 0 Å². The van der Waals surface area contributed by atoms with Gasteiger partial charge in [-0.15, -0.1) is 12.3 Å². The van der Waals surface area contributed by atoms with E-state index in [2.05, 4.69) is 12.5 Å². The van der Waals surface area contributed by atoms with Crippen LogP contribution < -0.4 is 0 Å². The lowest BCUT2D eigenvalue weighted by molar-refractivity contribution is -0.114. The van der Waals surface area contributed by atoms with E-state index >= 15 is 0 Å². The molecule has 6 atom stereocenters. The monoisotopic (exact) mass is 280 g/mol. The Labute approximate surface area is 127 Å². The zero-order chi connectivity index (χ0) is 14.6. The molecular weight excluding hydrogens is 256 g/mol. The van der Waals surface area contributed by atoms with E-state index < -0.39 is 0 Å². The third kappa shape index (κ3) is 1.95. The van der Waals surface area contributed by atoms with Crippen LogP contribution in [0.15, 0.2) is 23.8 Å². The molecule has 110 valence electrons. The molecule has 0 amide bonds. The highest BCUT2D eigenvalue weighted by atomic mass is 16.1. The predicted octanol–water partition coefficient (Wildman–Crippen LogP) is 4.15. The maximum absolute atomic E-state index is 11.8. The van der Waals surface area contributed by atoms with Crippen LogP contribution in [0, 0.1) is 47.9 Å². The van der Waals surface area contributed by atoms with Gasteiger partial charge in [-0.05, 0) is 68.3 Å². The van der Waals surface area contributed by atoms with Crippen molar-refractivity contribution < 1.29 is 4.79 Å². The summed E-state index contributed by atoms with van der Waals surface area (Å²) in [6, 6.07) is 0. The second-order valence-corrected chi connectivity index (χ2v) is 7.62. The van der Waals surface area contributed by atoms with Gasteiger partial charge in [0.25, 0.3) is 0 Å². The Balaban J connectivity index is 1.63. The lowest BCUT2D eigenvalue weighted by atomic mass is 9.55. The van der Waals surface area contributed by atoms with Crippen molar-refractivity contribution in [3.05, 3.63) is 23.8 Å². The molecule has 0 saturated heterocycles. The van der Waals surface area contributed by atoms with Gasteiger partial charge in [0.1, 0.15) is 0 Å². The van der Waals surface area contributed by atoms with E-state index in [0.717, 1.165) is 30.1 Å². The van der Waals surface area contributed by atoms with Crippen LogP contribution in [0.4, 0.5) is 0 Å². The van der Waals surface area contributed by atoms with E-state index in [1.165, 1.54) is 43.3 Å². The Bertz CT molecular complexity index is 561. The molecule has 1 nitrogen and oxygen atoms in total. The van der Waals surface area contributed by atoms with Crippen LogP contribution in [0.25, 0.3) is 0 Å². The maximum atomic E-state index is 11.8. The van der Waals surface area contributed by atoms with Crippen LogP contribution in [0.1, 0.15) is 44.9 Å². The third-order valence-electron chi connectivity index (χ3n) is 6.81. The highest BCUT2D eigenvalue weighted by molar-refractivity contribution is 5.93. The van der Waals surface area contributed by atoms with Gasteiger partial charge in [-0.25, -0.2) is 0 Å². The molecule has 3 saturated carbocycles. The summed E-state index contributed by atoms with van der Waals surface area (Å²) in [7, 11) is 0. The first-order chi connectivity index (χ1) is 10.2. The van der Waals surface area contributed by atoms with Gasteiger partial charge in [0.05, 0.1) is 0 Å². The number of ketones is 1. The molecule has 0 heterocycles. The van der Waals surface area contributed by atoms with Crippen LogP contribution in [0.5, 0.6) is 0 Å². The van der Waals surface area contributed by atoms with E-state index in [0.29, 0.717) is 18.3 Å². The van der Waals surface area contributed by atoms with Crippen LogP contribution in [-0.2, 0) is 4.79 Å². The smallest absolute Gasteiger partial charge is 0.159 e. The highest BCUT2D eigenvalue weighted by Gasteiger charge is 2.50. The standard InChI is InChI=1S/C20H24O/c1-3-13-4-6-17-16(13)8-9-19-18(17)7-5-14-11-15(21)10-12(2)20(14)19/h1,11,13,16-20H,2,4-10H2/t13-,16+,17+,18-,19-,20-/m0/s1. The first-order valence-corrected chi connectivity index (χ1v) is 8.56. The normalized spacial score (nSPS) is 45.2. The van der Waals surface area contributed by atoms with Crippen molar-refractivity contribution >= 4 is 5.78 Å². The highest BCUT2D eigenvalue weighted by Crippen LogP contribution is 2.58. The minimum absolute atomic E-state index is 0.270. The summed E-state index contributed by atoms with van der Waals surface area (Å²) in [5, 5.41) is 0. The Morgan fingerprint density at radius 1 is 1.05 bits per heavy atom. The van der Waals surface area contributed by atoms with Crippen LogP contribution in [0.3, 0.4) is 0 Å². The number of hydrogen-bond acceptors (Lipinski definition) is 1. The van der Waals surface area contributed by atoms with Gasteiger partial charge < -0.3 is 0 Å². The van der Waals surface area contributed by atoms with Gasteiger partial charge in [-0.2, -0.15) is 0 Å². The molecule has 4 aliphatic carbocycles. The van der Waals surface area contributed by atoms with E-state index in [4.69, 9.17) is 6.42 Å². The Morgan fingerprint density at radius 2 is 1.76 bits per heavy atom. The van der Waals surface area contributed by atoms with Crippen molar-refractivity contribution in [1.29, 1.82) is 0 Å². The molecule has 0 radical (unpaired) electrons. The van der Waals surface area contributed by atoms with Crippen LogP contribution in [0.2, 0.25) is 0 Å². The second-order valence-electron chi connectivity index (χ2n) is 7.62.